The Morgan fingerprint density at radius 2 is 1.54 bits per heavy atom. The van der Waals surface area contributed by atoms with Gasteiger partial charge in [-0.25, -0.2) is 9.59 Å². The largest absolute Gasteiger partial charge is 0.497 e. The van der Waals surface area contributed by atoms with Gasteiger partial charge in [0.1, 0.15) is 5.75 Å². The van der Waals surface area contributed by atoms with Gasteiger partial charge in [0.15, 0.2) is 12.2 Å². The Morgan fingerprint density at radius 3 is 2.12 bits per heavy atom. The molecule has 2 aromatic carbocycles. The van der Waals surface area contributed by atoms with Gasteiger partial charge in [0.2, 0.25) is 0 Å². The summed E-state index contributed by atoms with van der Waals surface area (Å²) in [5, 5.41) is 20.0. The second-order valence-electron chi connectivity index (χ2n) is 4.84. The average molecular weight is 351 g/mol. The molecule has 0 aliphatic rings. The van der Waals surface area contributed by atoms with Crippen LogP contribution in [-0.4, -0.2) is 29.3 Å². The maximum atomic E-state index is 11.9. The van der Waals surface area contributed by atoms with Crippen LogP contribution in [0.25, 0.3) is 0 Å². The maximum Gasteiger partial charge on any atom is 0.347 e. The summed E-state index contributed by atoms with van der Waals surface area (Å²) in [6.07, 6.45) is -3.40. The maximum absolute atomic E-state index is 11.9. The summed E-state index contributed by atoms with van der Waals surface area (Å²) in [7, 11) is 1.48. The molecule has 0 amide bonds. The summed E-state index contributed by atoms with van der Waals surface area (Å²) in [6.45, 7) is 0. The van der Waals surface area contributed by atoms with Crippen molar-refractivity contribution in [3.63, 3.8) is 0 Å². The second-order valence-corrected chi connectivity index (χ2v) is 5.25. The predicted molar refractivity (Wildman–Crippen MR) is 85.5 cm³/mol. The van der Waals surface area contributed by atoms with Crippen LogP contribution in [0.4, 0.5) is 0 Å². The monoisotopic (exact) mass is 350 g/mol. The molecule has 0 bridgehead atoms. The standard InChI is InChI=1S/C17H15ClO6/c1-23-11-8-6-10(7-9-11)14(19)16(21)24-17(22)15(20)12-4-2-3-5-13(12)18/h2-9,14-15,19-20H,1H3/t14?,15-/m1/s1. The molecule has 24 heavy (non-hydrogen) atoms. The van der Waals surface area contributed by atoms with Crippen molar-refractivity contribution in [2.45, 2.75) is 12.2 Å². The minimum atomic E-state index is -1.73. The van der Waals surface area contributed by atoms with Gasteiger partial charge in [-0.1, -0.05) is 41.9 Å². The number of hydrogen-bond acceptors (Lipinski definition) is 6. The topological polar surface area (TPSA) is 93.1 Å². The van der Waals surface area contributed by atoms with E-state index in [-0.39, 0.29) is 16.1 Å². The Kier molecular flexibility index (Phi) is 5.92. The van der Waals surface area contributed by atoms with Crippen molar-refractivity contribution < 1.29 is 29.3 Å². The van der Waals surface area contributed by atoms with Gasteiger partial charge in [-0.3, -0.25) is 0 Å². The minimum Gasteiger partial charge on any atom is -0.497 e. The number of methoxy groups -OCH3 is 1. The van der Waals surface area contributed by atoms with Gasteiger partial charge in [-0.15, -0.1) is 0 Å². The van der Waals surface area contributed by atoms with Crippen molar-refractivity contribution in [1.82, 2.24) is 0 Å². The van der Waals surface area contributed by atoms with E-state index in [4.69, 9.17) is 16.3 Å². The Bertz CT molecular complexity index is 728. The number of carbonyl (C=O) groups excluding carboxylic acids is 2. The number of hydrogen-bond donors (Lipinski definition) is 2. The summed E-state index contributed by atoms with van der Waals surface area (Å²) in [5.41, 5.74) is 0.330. The Morgan fingerprint density at radius 1 is 0.958 bits per heavy atom. The zero-order valence-corrected chi connectivity index (χ0v) is 13.4. The molecular formula is C17H15ClO6. The van der Waals surface area contributed by atoms with E-state index in [1.165, 1.54) is 31.4 Å². The smallest absolute Gasteiger partial charge is 0.347 e. The van der Waals surface area contributed by atoms with Crippen LogP contribution < -0.4 is 4.74 Å². The number of rotatable bonds is 5. The molecule has 0 fully saturated rings. The fourth-order valence-electron chi connectivity index (χ4n) is 1.96. The highest BCUT2D eigenvalue weighted by atomic mass is 35.5. The van der Waals surface area contributed by atoms with Crippen LogP contribution in [0, 0.1) is 0 Å². The molecule has 6 nitrogen and oxygen atoms in total. The molecule has 2 aromatic rings. The van der Waals surface area contributed by atoms with Crippen molar-refractivity contribution >= 4 is 23.5 Å². The SMILES string of the molecule is COc1ccc(C(O)C(=O)OC(=O)[C@H](O)c2ccccc2Cl)cc1. The fraction of sp³-hybridized carbons (Fsp3) is 0.176. The summed E-state index contributed by atoms with van der Waals surface area (Å²) in [4.78, 5) is 23.7. The number of aliphatic hydroxyl groups excluding tert-OH is 2. The van der Waals surface area contributed by atoms with Gasteiger partial charge in [0.05, 0.1) is 7.11 Å². The zero-order valence-electron chi connectivity index (χ0n) is 12.7. The highest BCUT2D eigenvalue weighted by Gasteiger charge is 2.28. The highest BCUT2D eigenvalue weighted by molar-refractivity contribution is 6.31. The van der Waals surface area contributed by atoms with Crippen molar-refractivity contribution in [3.05, 3.63) is 64.7 Å². The molecule has 2 atom stereocenters. The van der Waals surface area contributed by atoms with E-state index in [0.29, 0.717) is 5.75 Å². The lowest BCUT2D eigenvalue weighted by Crippen LogP contribution is -2.24. The first kappa shape index (κ1) is 17.9. The minimum absolute atomic E-state index is 0.107. The second kappa shape index (κ2) is 7.92. The van der Waals surface area contributed by atoms with Crippen LogP contribution in [0.5, 0.6) is 5.75 Å². The molecule has 2 N–H and O–H groups in total. The van der Waals surface area contributed by atoms with Gasteiger partial charge >= 0.3 is 11.9 Å². The van der Waals surface area contributed by atoms with E-state index in [9.17, 15) is 19.8 Å². The van der Waals surface area contributed by atoms with Gasteiger partial charge in [-0.2, -0.15) is 0 Å². The molecular weight excluding hydrogens is 336 g/mol. The van der Waals surface area contributed by atoms with E-state index in [1.807, 2.05) is 0 Å². The molecule has 0 aliphatic carbocycles. The van der Waals surface area contributed by atoms with Gasteiger partial charge in [0, 0.05) is 10.6 Å². The van der Waals surface area contributed by atoms with Gasteiger partial charge < -0.3 is 19.7 Å². The third-order valence-corrected chi connectivity index (χ3v) is 3.62. The summed E-state index contributed by atoms with van der Waals surface area (Å²) in [5.74, 6) is -1.87. The normalized spacial score (nSPS) is 13.0. The van der Waals surface area contributed by atoms with Crippen LogP contribution >= 0.6 is 11.6 Å². The Balaban J connectivity index is 2.04. The van der Waals surface area contributed by atoms with Crippen LogP contribution in [0.15, 0.2) is 48.5 Å². The molecule has 126 valence electrons. The molecule has 7 heteroatoms. The quantitative estimate of drug-likeness (QED) is 0.634. The first-order valence-electron chi connectivity index (χ1n) is 6.94. The molecule has 1 unspecified atom stereocenters. The Labute approximate surface area is 143 Å². The lowest BCUT2D eigenvalue weighted by Gasteiger charge is -2.14. The lowest BCUT2D eigenvalue weighted by atomic mass is 10.1. The van der Waals surface area contributed by atoms with E-state index in [2.05, 4.69) is 4.74 Å². The predicted octanol–water partition coefficient (Wildman–Crippen LogP) is 2.19. The number of carbonyl (C=O) groups is 2. The summed E-state index contributed by atoms with van der Waals surface area (Å²) >= 11 is 5.87. The third-order valence-electron chi connectivity index (χ3n) is 3.28. The van der Waals surface area contributed by atoms with E-state index in [1.54, 1.807) is 24.3 Å². The summed E-state index contributed by atoms with van der Waals surface area (Å²) in [6, 6.07) is 12.1. The van der Waals surface area contributed by atoms with E-state index >= 15 is 0 Å². The van der Waals surface area contributed by atoms with Crippen molar-refractivity contribution in [3.8, 4) is 5.75 Å². The van der Waals surface area contributed by atoms with Crippen LogP contribution in [0.1, 0.15) is 23.3 Å². The number of ether oxygens (including phenoxy) is 2. The number of halogens is 1. The molecule has 0 aromatic heterocycles. The molecule has 0 aliphatic heterocycles. The molecule has 0 saturated heterocycles. The molecule has 0 radical (unpaired) electrons. The van der Waals surface area contributed by atoms with Crippen LogP contribution in [-0.2, 0) is 14.3 Å². The third kappa shape index (κ3) is 4.11. The van der Waals surface area contributed by atoms with Gasteiger partial charge in [0.25, 0.3) is 0 Å². The number of esters is 2. The highest BCUT2D eigenvalue weighted by Crippen LogP contribution is 2.24. The van der Waals surface area contributed by atoms with Crippen LogP contribution in [0.3, 0.4) is 0 Å². The average Bonchev–Trinajstić information content (AvgIpc) is 2.60. The number of aliphatic hydroxyl groups is 2. The van der Waals surface area contributed by atoms with Gasteiger partial charge in [-0.05, 0) is 23.8 Å². The fourth-order valence-corrected chi connectivity index (χ4v) is 2.20. The van der Waals surface area contributed by atoms with E-state index < -0.39 is 24.1 Å². The van der Waals surface area contributed by atoms with Crippen molar-refractivity contribution in [2.75, 3.05) is 7.11 Å². The zero-order chi connectivity index (χ0) is 17.7. The first-order chi connectivity index (χ1) is 11.4. The molecule has 0 saturated carbocycles. The lowest BCUT2D eigenvalue weighted by molar-refractivity contribution is -0.171. The number of benzene rings is 2. The Hall–Kier alpha value is -2.41. The van der Waals surface area contributed by atoms with Crippen molar-refractivity contribution in [1.29, 1.82) is 0 Å². The molecule has 2 rings (SSSR count). The van der Waals surface area contributed by atoms with Crippen LogP contribution in [0.2, 0.25) is 5.02 Å². The molecule has 0 spiro atoms. The van der Waals surface area contributed by atoms with Crippen molar-refractivity contribution in [2.24, 2.45) is 0 Å². The summed E-state index contributed by atoms with van der Waals surface area (Å²) < 4.78 is 9.49. The first-order valence-corrected chi connectivity index (χ1v) is 7.32. The van der Waals surface area contributed by atoms with E-state index in [0.717, 1.165) is 0 Å². The molecule has 0 heterocycles.